The van der Waals surface area contributed by atoms with Gasteiger partial charge >= 0.3 is 0 Å². The van der Waals surface area contributed by atoms with Crippen LogP contribution in [0.2, 0.25) is 0 Å². The number of hydrogen-bond donors (Lipinski definition) is 0. The number of hydrogen-bond acceptors (Lipinski definition) is 1. The fraction of sp³-hybridized carbons (Fsp3) is 0.417. The fourth-order valence-electron chi connectivity index (χ4n) is 2.02. The van der Waals surface area contributed by atoms with Gasteiger partial charge in [0, 0.05) is 6.42 Å². The summed E-state index contributed by atoms with van der Waals surface area (Å²) in [6, 6.07) is 9.26. The van der Waals surface area contributed by atoms with Crippen LogP contribution in [0.4, 0.5) is 4.39 Å². The molecule has 0 spiro atoms. The van der Waals surface area contributed by atoms with E-state index in [0.29, 0.717) is 12.8 Å². The summed E-state index contributed by atoms with van der Waals surface area (Å²) in [6.07, 6.45) is -0.198. The summed E-state index contributed by atoms with van der Waals surface area (Å²) in [5.74, 6) is 0.0243. The van der Waals surface area contributed by atoms with E-state index in [1.54, 1.807) is 6.92 Å². The molecule has 0 radical (unpaired) electrons. The van der Waals surface area contributed by atoms with Gasteiger partial charge in [0.05, 0.1) is 5.41 Å². The molecule has 2 atom stereocenters. The summed E-state index contributed by atoms with van der Waals surface area (Å²) in [4.78, 5) is 11.7. The summed E-state index contributed by atoms with van der Waals surface area (Å²) in [7, 11) is 0. The van der Waals surface area contributed by atoms with E-state index in [-0.39, 0.29) is 5.78 Å². The van der Waals surface area contributed by atoms with Crippen LogP contribution in [0.15, 0.2) is 30.3 Å². The lowest BCUT2D eigenvalue weighted by atomic mass is 9.90. The summed E-state index contributed by atoms with van der Waals surface area (Å²) >= 11 is 0. The summed E-state index contributed by atoms with van der Waals surface area (Å²) in [6.45, 7) is 1.79. The van der Waals surface area contributed by atoms with Gasteiger partial charge in [-0.3, -0.25) is 4.79 Å². The smallest absolute Gasteiger partial charge is 0.146 e. The van der Waals surface area contributed by atoms with Crippen molar-refractivity contribution in [2.75, 3.05) is 0 Å². The van der Waals surface area contributed by atoms with Gasteiger partial charge in [-0.2, -0.15) is 0 Å². The van der Waals surface area contributed by atoms with Crippen LogP contribution < -0.4 is 0 Å². The van der Waals surface area contributed by atoms with Crippen molar-refractivity contribution in [1.29, 1.82) is 0 Å². The molecular formula is C12H13FO. The van der Waals surface area contributed by atoms with Crippen molar-refractivity contribution >= 4 is 5.78 Å². The van der Waals surface area contributed by atoms with Gasteiger partial charge in [0.2, 0.25) is 0 Å². The summed E-state index contributed by atoms with van der Waals surface area (Å²) < 4.78 is 13.3. The molecule has 1 aliphatic rings. The van der Waals surface area contributed by atoms with Crippen molar-refractivity contribution in [3.63, 3.8) is 0 Å². The van der Waals surface area contributed by atoms with E-state index in [1.165, 1.54) is 0 Å². The average Bonchev–Trinajstić information content (AvgIpc) is 2.92. The number of halogens is 1. The Morgan fingerprint density at radius 1 is 1.50 bits per heavy atom. The Morgan fingerprint density at radius 2 is 2.07 bits per heavy atom. The molecule has 1 saturated carbocycles. The molecule has 2 rings (SSSR count). The first-order valence-corrected chi connectivity index (χ1v) is 4.94. The van der Waals surface area contributed by atoms with Crippen LogP contribution in [0.5, 0.6) is 0 Å². The first kappa shape index (κ1) is 9.38. The molecule has 1 nitrogen and oxygen atoms in total. The zero-order valence-electron chi connectivity index (χ0n) is 8.16. The molecule has 0 bridgehead atoms. The molecule has 1 fully saturated rings. The lowest BCUT2D eigenvalue weighted by Crippen LogP contribution is -2.22. The van der Waals surface area contributed by atoms with Gasteiger partial charge < -0.3 is 0 Å². The normalized spacial score (nSPS) is 30.0. The third-order valence-electron chi connectivity index (χ3n) is 2.98. The van der Waals surface area contributed by atoms with Gasteiger partial charge in [-0.1, -0.05) is 37.3 Å². The first-order chi connectivity index (χ1) is 6.71. The van der Waals surface area contributed by atoms with Gasteiger partial charge in [-0.15, -0.1) is 0 Å². The highest BCUT2D eigenvalue weighted by atomic mass is 19.1. The molecule has 0 amide bonds. The summed E-state index contributed by atoms with van der Waals surface area (Å²) in [5, 5.41) is 0. The number of Topliss-reactive ketones (excluding diaryl/α,β-unsaturated/α-hetero) is 1. The van der Waals surface area contributed by atoms with Crippen LogP contribution >= 0.6 is 0 Å². The minimum atomic E-state index is -0.975. The Balaban J connectivity index is 2.36. The molecule has 1 aliphatic carbocycles. The topological polar surface area (TPSA) is 17.1 Å². The van der Waals surface area contributed by atoms with Gasteiger partial charge in [0.1, 0.15) is 12.0 Å². The van der Waals surface area contributed by atoms with Crippen molar-refractivity contribution in [3.05, 3.63) is 35.9 Å². The van der Waals surface area contributed by atoms with E-state index in [1.807, 2.05) is 30.3 Å². The first-order valence-electron chi connectivity index (χ1n) is 4.94. The van der Waals surface area contributed by atoms with Gasteiger partial charge in [0.15, 0.2) is 0 Å². The quantitative estimate of drug-likeness (QED) is 0.719. The lowest BCUT2D eigenvalue weighted by molar-refractivity contribution is -0.121. The number of carbonyl (C=O) groups is 1. The van der Waals surface area contributed by atoms with Gasteiger partial charge in [-0.05, 0) is 12.0 Å². The molecule has 0 aromatic heterocycles. The molecule has 0 aliphatic heterocycles. The van der Waals surface area contributed by atoms with E-state index < -0.39 is 11.6 Å². The SMILES string of the molecule is CCC(=O)C1(c2ccccc2)CC1F. The van der Waals surface area contributed by atoms with Gasteiger partial charge in [0.25, 0.3) is 0 Å². The molecule has 1 aromatic carbocycles. The van der Waals surface area contributed by atoms with Crippen molar-refractivity contribution in [3.8, 4) is 0 Å². The number of carbonyl (C=O) groups excluding carboxylic acids is 1. The van der Waals surface area contributed by atoms with E-state index in [2.05, 4.69) is 0 Å². The molecular weight excluding hydrogens is 179 g/mol. The molecule has 74 valence electrons. The second kappa shape index (κ2) is 3.19. The maximum absolute atomic E-state index is 13.3. The third-order valence-corrected chi connectivity index (χ3v) is 2.98. The Morgan fingerprint density at radius 3 is 2.50 bits per heavy atom. The second-order valence-corrected chi connectivity index (χ2v) is 3.79. The fourth-order valence-corrected chi connectivity index (χ4v) is 2.02. The predicted octanol–water partition coefficient (Wildman–Crippen LogP) is 2.65. The van der Waals surface area contributed by atoms with Crippen molar-refractivity contribution in [2.24, 2.45) is 0 Å². The summed E-state index contributed by atoms with van der Waals surface area (Å²) in [5.41, 5.74) is 0.0371. The number of ketones is 1. The minimum absolute atomic E-state index is 0.0243. The van der Waals surface area contributed by atoms with E-state index in [4.69, 9.17) is 0 Å². The van der Waals surface area contributed by atoms with Crippen LogP contribution in [0.3, 0.4) is 0 Å². The number of alkyl halides is 1. The van der Waals surface area contributed by atoms with Crippen LogP contribution in [-0.4, -0.2) is 12.0 Å². The molecule has 2 unspecified atom stereocenters. The molecule has 0 N–H and O–H groups in total. The molecule has 1 aromatic rings. The maximum Gasteiger partial charge on any atom is 0.146 e. The molecule has 14 heavy (non-hydrogen) atoms. The highest BCUT2D eigenvalue weighted by Gasteiger charge is 2.60. The maximum atomic E-state index is 13.3. The van der Waals surface area contributed by atoms with Crippen LogP contribution in [-0.2, 0) is 10.2 Å². The Bertz CT molecular complexity index is 347. The Kier molecular flexibility index (Phi) is 2.14. The van der Waals surface area contributed by atoms with Crippen LogP contribution in [0, 0.1) is 0 Å². The van der Waals surface area contributed by atoms with Gasteiger partial charge in [-0.25, -0.2) is 4.39 Å². The average molecular weight is 192 g/mol. The highest BCUT2D eigenvalue weighted by Crippen LogP contribution is 2.52. The zero-order valence-corrected chi connectivity index (χ0v) is 8.16. The predicted molar refractivity (Wildman–Crippen MR) is 52.9 cm³/mol. The van der Waals surface area contributed by atoms with Crippen molar-refractivity contribution < 1.29 is 9.18 Å². The van der Waals surface area contributed by atoms with E-state index in [0.717, 1.165) is 5.56 Å². The molecule has 0 heterocycles. The van der Waals surface area contributed by atoms with Crippen molar-refractivity contribution in [1.82, 2.24) is 0 Å². The second-order valence-electron chi connectivity index (χ2n) is 3.79. The third kappa shape index (κ3) is 1.17. The Hall–Kier alpha value is -1.18. The monoisotopic (exact) mass is 192 g/mol. The van der Waals surface area contributed by atoms with Crippen LogP contribution in [0.25, 0.3) is 0 Å². The van der Waals surface area contributed by atoms with Crippen molar-refractivity contribution in [2.45, 2.75) is 31.4 Å². The highest BCUT2D eigenvalue weighted by molar-refractivity contribution is 5.94. The number of rotatable bonds is 3. The molecule has 0 saturated heterocycles. The standard InChI is InChI=1S/C12H13FO/c1-2-11(14)12(8-10(12)13)9-6-4-3-5-7-9/h3-7,10H,2,8H2,1H3. The van der Waals surface area contributed by atoms with E-state index >= 15 is 0 Å². The lowest BCUT2D eigenvalue weighted by Gasteiger charge is -2.12. The van der Waals surface area contributed by atoms with E-state index in [9.17, 15) is 9.18 Å². The molecule has 2 heteroatoms. The Labute approximate surface area is 82.9 Å². The van der Waals surface area contributed by atoms with Crippen LogP contribution in [0.1, 0.15) is 25.3 Å². The number of benzene rings is 1. The minimum Gasteiger partial charge on any atom is -0.299 e. The largest absolute Gasteiger partial charge is 0.299 e. The zero-order chi connectivity index (χ0) is 10.2.